The number of benzene rings is 2. The van der Waals surface area contributed by atoms with Crippen LogP contribution in [0.2, 0.25) is 0 Å². The molecule has 0 atom stereocenters. The summed E-state index contributed by atoms with van der Waals surface area (Å²) in [5, 5.41) is 0. The number of aryl methyl sites for hydroxylation is 1. The smallest absolute Gasteiger partial charge is 0.426 e. The van der Waals surface area contributed by atoms with Crippen LogP contribution in [0.1, 0.15) is 81.4 Å². The number of hydrogen-bond donors (Lipinski definition) is 0. The normalized spacial score (nSPS) is 19.1. The molecule has 8 heteroatoms. The van der Waals surface area contributed by atoms with Gasteiger partial charge >= 0.3 is 12.3 Å². The van der Waals surface area contributed by atoms with Gasteiger partial charge < -0.3 is 4.74 Å². The van der Waals surface area contributed by atoms with Gasteiger partial charge in [0.05, 0.1) is 5.56 Å². The quantitative estimate of drug-likeness (QED) is 0.231. The van der Waals surface area contributed by atoms with Gasteiger partial charge in [-0.1, -0.05) is 70.4 Å². The van der Waals surface area contributed by atoms with E-state index < -0.39 is 40.8 Å². The minimum absolute atomic E-state index is 0.104. The van der Waals surface area contributed by atoms with Gasteiger partial charge in [-0.25, -0.2) is 8.78 Å². The summed E-state index contributed by atoms with van der Waals surface area (Å²) in [5.74, 6) is -3.62. The van der Waals surface area contributed by atoms with E-state index in [1.54, 1.807) is 12.1 Å². The lowest BCUT2D eigenvalue weighted by Crippen LogP contribution is -2.22. The highest BCUT2D eigenvalue weighted by Gasteiger charge is 2.40. The summed E-state index contributed by atoms with van der Waals surface area (Å²) >= 11 is 0. The van der Waals surface area contributed by atoms with Crippen molar-refractivity contribution >= 4 is 0 Å². The van der Waals surface area contributed by atoms with Crippen LogP contribution in [0.5, 0.6) is 5.75 Å². The molecule has 0 bridgehead atoms. The van der Waals surface area contributed by atoms with Gasteiger partial charge in [-0.2, -0.15) is 22.0 Å². The number of alkyl halides is 5. The van der Waals surface area contributed by atoms with Gasteiger partial charge in [0.25, 0.3) is 0 Å². The van der Waals surface area contributed by atoms with E-state index >= 15 is 0 Å². The molecule has 35 heavy (non-hydrogen) atoms. The third-order valence-corrected chi connectivity index (χ3v) is 6.86. The van der Waals surface area contributed by atoms with Crippen molar-refractivity contribution < 1.29 is 35.5 Å². The standard InChI is InChI=1S/C27H31F7O/c1-2-3-4-5-18-6-8-19(9-7-18)10-11-20-12-14-21(15-13-20)27(33,34)35-22-16-23(28)25(24(29)17-22)26(30,31)32/h12-19H,2-11H2,1H3. The van der Waals surface area contributed by atoms with Crippen molar-refractivity contribution in [3.8, 4) is 5.75 Å². The number of hydrogen-bond acceptors (Lipinski definition) is 1. The number of rotatable bonds is 10. The van der Waals surface area contributed by atoms with Crippen LogP contribution in [-0.4, -0.2) is 0 Å². The molecular formula is C27H31F7O. The Morgan fingerprint density at radius 1 is 0.800 bits per heavy atom. The van der Waals surface area contributed by atoms with E-state index in [9.17, 15) is 30.7 Å². The lowest BCUT2D eigenvalue weighted by atomic mass is 9.78. The maximum atomic E-state index is 14.5. The molecule has 194 valence electrons. The van der Waals surface area contributed by atoms with E-state index in [-0.39, 0.29) is 12.1 Å². The van der Waals surface area contributed by atoms with Crippen LogP contribution in [-0.2, 0) is 18.7 Å². The summed E-state index contributed by atoms with van der Waals surface area (Å²) in [6, 6.07) is 5.64. The van der Waals surface area contributed by atoms with Crippen LogP contribution < -0.4 is 4.74 Å². The zero-order valence-electron chi connectivity index (χ0n) is 19.7. The van der Waals surface area contributed by atoms with Crippen molar-refractivity contribution in [1.29, 1.82) is 0 Å². The summed E-state index contributed by atoms with van der Waals surface area (Å²) in [6.45, 7) is 2.21. The molecule has 0 spiro atoms. The Morgan fingerprint density at radius 2 is 1.34 bits per heavy atom. The second-order valence-electron chi connectivity index (χ2n) is 9.50. The molecule has 0 aliphatic heterocycles. The third-order valence-electron chi connectivity index (χ3n) is 6.86. The highest BCUT2D eigenvalue weighted by Crippen LogP contribution is 2.38. The molecule has 0 aromatic heterocycles. The van der Waals surface area contributed by atoms with Gasteiger partial charge in [-0.15, -0.1) is 0 Å². The fourth-order valence-electron chi connectivity index (χ4n) is 4.81. The van der Waals surface area contributed by atoms with Crippen LogP contribution in [0.25, 0.3) is 0 Å². The van der Waals surface area contributed by atoms with Crippen molar-refractivity contribution in [2.75, 3.05) is 0 Å². The molecule has 2 aromatic carbocycles. The van der Waals surface area contributed by atoms with E-state index in [4.69, 9.17) is 0 Å². The van der Waals surface area contributed by atoms with Crippen molar-refractivity contribution in [2.24, 2.45) is 11.8 Å². The average Bonchev–Trinajstić information content (AvgIpc) is 2.77. The first-order chi connectivity index (χ1) is 16.5. The van der Waals surface area contributed by atoms with E-state index in [1.807, 2.05) is 0 Å². The molecule has 0 radical (unpaired) electrons. The predicted octanol–water partition coefficient (Wildman–Crippen LogP) is 9.43. The Balaban J connectivity index is 1.54. The number of halogens is 7. The molecule has 1 saturated carbocycles. The Labute approximate surface area is 201 Å². The lowest BCUT2D eigenvalue weighted by molar-refractivity contribution is -0.185. The minimum atomic E-state index is -5.29. The van der Waals surface area contributed by atoms with Crippen LogP contribution >= 0.6 is 0 Å². The lowest BCUT2D eigenvalue weighted by Gasteiger charge is -2.28. The maximum Gasteiger partial charge on any atom is 0.426 e. The van der Waals surface area contributed by atoms with Gasteiger partial charge in [0.2, 0.25) is 0 Å². The number of unbranched alkanes of at least 4 members (excludes halogenated alkanes) is 2. The highest BCUT2D eigenvalue weighted by molar-refractivity contribution is 5.33. The summed E-state index contributed by atoms with van der Waals surface area (Å²) < 4.78 is 98.8. The van der Waals surface area contributed by atoms with Crippen LogP contribution in [0, 0.1) is 23.5 Å². The zero-order valence-corrected chi connectivity index (χ0v) is 19.7. The second kappa shape index (κ2) is 11.7. The fourth-order valence-corrected chi connectivity index (χ4v) is 4.81. The van der Waals surface area contributed by atoms with Crippen molar-refractivity contribution in [3.05, 3.63) is 64.7 Å². The maximum absolute atomic E-state index is 14.5. The Morgan fingerprint density at radius 3 is 1.86 bits per heavy atom. The molecule has 0 unspecified atom stereocenters. The van der Waals surface area contributed by atoms with E-state index in [0.29, 0.717) is 5.92 Å². The first-order valence-electron chi connectivity index (χ1n) is 12.2. The average molecular weight is 505 g/mol. The molecule has 1 nitrogen and oxygen atoms in total. The molecule has 1 aliphatic rings. The SMILES string of the molecule is CCCCCC1CCC(CCc2ccc(C(F)(F)Oc3cc(F)c(C(F)(F)F)c(F)c3)cc2)CC1. The van der Waals surface area contributed by atoms with E-state index in [2.05, 4.69) is 11.7 Å². The van der Waals surface area contributed by atoms with Crippen molar-refractivity contribution in [3.63, 3.8) is 0 Å². The molecule has 0 saturated heterocycles. The summed E-state index contributed by atoms with van der Waals surface area (Å²) in [5.41, 5.74) is -1.82. The number of ether oxygens (including phenoxy) is 1. The van der Waals surface area contributed by atoms with Gasteiger partial charge in [-0.3, -0.25) is 0 Å². The zero-order chi connectivity index (χ0) is 25.6. The third kappa shape index (κ3) is 7.61. The second-order valence-corrected chi connectivity index (χ2v) is 9.50. The van der Waals surface area contributed by atoms with Gasteiger partial charge in [0.15, 0.2) is 0 Å². The van der Waals surface area contributed by atoms with Crippen LogP contribution in [0.4, 0.5) is 30.7 Å². The molecule has 2 aromatic rings. The van der Waals surface area contributed by atoms with Crippen LogP contribution in [0.15, 0.2) is 36.4 Å². The summed E-state index contributed by atoms with van der Waals surface area (Å²) in [6.07, 6.45) is 2.50. The molecule has 0 N–H and O–H groups in total. The minimum Gasteiger partial charge on any atom is -0.429 e. The fraction of sp³-hybridized carbons (Fsp3) is 0.556. The highest BCUT2D eigenvalue weighted by atomic mass is 19.4. The monoisotopic (exact) mass is 504 g/mol. The van der Waals surface area contributed by atoms with Gasteiger partial charge in [0.1, 0.15) is 22.9 Å². The van der Waals surface area contributed by atoms with Gasteiger partial charge in [0, 0.05) is 12.1 Å². The molecule has 0 amide bonds. The van der Waals surface area contributed by atoms with E-state index in [0.717, 1.165) is 36.5 Å². The Bertz CT molecular complexity index is 922. The molecule has 1 aliphatic carbocycles. The summed E-state index contributed by atoms with van der Waals surface area (Å²) in [4.78, 5) is 0. The van der Waals surface area contributed by atoms with Crippen molar-refractivity contribution in [1.82, 2.24) is 0 Å². The topological polar surface area (TPSA) is 9.23 Å². The predicted molar refractivity (Wildman–Crippen MR) is 120 cm³/mol. The Kier molecular flexibility index (Phi) is 9.11. The molecule has 0 heterocycles. The molecule has 1 fully saturated rings. The molecule has 3 rings (SSSR count). The first kappa shape index (κ1) is 27.3. The largest absolute Gasteiger partial charge is 0.429 e. The van der Waals surface area contributed by atoms with Gasteiger partial charge in [-0.05, 0) is 42.4 Å². The first-order valence-corrected chi connectivity index (χ1v) is 12.2. The van der Waals surface area contributed by atoms with E-state index in [1.165, 1.54) is 51.4 Å². The van der Waals surface area contributed by atoms with Crippen molar-refractivity contribution in [2.45, 2.75) is 83.4 Å². The van der Waals surface area contributed by atoms with Crippen LogP contribution in [0.3, 0.4) is 0 Å². The summed E-state index contributed by atoms with van der Waals surface area (Å²) in [7, 11) is 0. The Hall–Kier alpha value is -2.25. The molecular weight excluding hydrogens is 473 g/mol.